The van der Waals surface area contributed by atoms with Crippen LogP contribution in [0.2, 0.25) is 0 Å². The lowest BCUT2D eigenvalue weighted by Crippen LogP contribution is -2.03. The molecule has 0 spiro atoms. The van der Waals surface area contributed by atoms with E-state index < -0.39 is 0 Å². The summed E-state index contributed by atoms with van der Waals surface area (Å²) >= 11 is 2.93. The summed E-state index contributed by atoms with van der Waals surface area (Å²) in [5, 5.41) is 10.4. The molecule has 0 aliphatic rings. The number of ketones is 1. The van der Waals surface area contributed by atoms with Crippen molar-refractivity contribution in [1.29, 1.82) is 0 Å². The molecule has 0 fully saturated rings. The maximum absolute atomic E-state index is 12.6. The van der Waals surface area contributed by atoms with E-state index in [-0.39, 0.29) is 11.5 Å². The molecule has 0 N–H and O–H groups in total. The van der Waals surface area contributed by atoms with E-state index in [1.807, 2.05) is 31.2 Å². The molecule has 2 aromatic carbocycles. The molecule has 2 heterocycles. The van der Waals surface area contributed by atoms with Crippen molar-refractivity contribution in [2.24, 2.45) is 0 Å². The number of Topliss-reactive ketones (excluding diaryl/α,β-unsaturated/α-hetero) is 1. The highest BCUT2D eigenvalue weighted by Gasteiger charge is 2.17. The molecular formula is C22H19N3O3S2. The number of aryl methyl sites for hydroxylation is 1. The molecule has 0 aliphatic carbocycles. The lowest BCUT2D eigenvalue weighted by molar-refractivity contribution is 0.102. The number of carbonyl (C=O) groups is 1. The van der Waals surface area contributed by atoms with E-state index in [2.05, 4.69) is 15.2 Å². The summed E-state index contributed by atoms with van der Waals surface area (Å²) in [7, 11) is 3.24. The van der Waals surface area contributed by atoms with Gasteiger partial charge in [-0.05, 0) is 55.5 Å². The van der Waals surface area contributed by atoms with Gasteiger partial charge in [0.25, 0.3) is 0 Å². The summed E-state index contributed by atoms with van der Waals surface area (Å²) in [5.74, 6) is 1.78. The van der Waals surface area contributed by atoms with E-state index in [4.69, 9.17) is 9.47 Å². The van der Waals surface area contributed by atoms with Gasteiger partial charge in [-0.3, -0.25) is 4.79 Å². The van der Waals surface area contributed by atoms with Crippen molar-refractivity contribution in [1.82, 2.24) is 15.2 Å². The van der Waals surface area contributed by atoms with Crippen molar-refractivity contribution in [3.05, 3.63) is 59.1 Å². The fourth-order valence-corrected chi connectivity index (χ4v) is 4.76. The lowest BCUT2D eigenvalue weighted by Gasteiger charge is -2.06. The molecule has 0 atom stereocenters. The minimum atomic E-state index is 0.0174. The van der Waals surface area contributed by atoms with E-state index in [0.29, 0.717) is 10.6 Å². The van der Waals surface area contributed by atoms with E-state index in [0.717, 1.165) is 38.0 Å². The Balaban J connectivity index is 1.59. The fraction of sp³-hybridized carbons (Fsp3) is 0.182. The van der Waals surface area contributed by atoms with E-state index in [9.17, 15) is 4.79 Å². The number of hydrogen-bond acceptors (Lipinski definition) is 8. The van der Waals surface area contributed by atoms with Crippen molar-refractivity contribution in [2.45, 2.75) is 11.9 Å². The maximum atomic E-state index is 12.6. The summed E-state index contributed by atoms with van der Waals surface area (Å²) in [6.45, 7) is 1.96. The Morgan fingerprint density at radius 1 is 0.967 bits per heavy atom. The van der Waals surface area contributed by atoms with Gasteiger partial charge in [-0.2, -0.15) is 0 Å². The van der Waals surface area contributed by atoms with Crippen LogP contribution in [0.25, 0.3) is 21.5 Å². The van der Waals surface area contributed by atoms with Gasteiger partial charge in [0, 0.05) is 11.1 Å². The molecule has 0 saturated heterocycles. The van der Waals surface area contributed by atoms with E-state index in [1.54, 1.807) is 49.8 Å². The van der Waals surface area contributed by atoms with Crippen LogP contribution >= 0.6 is 23.1 Å². The Morgan fingerprint density at radius 2 is 1.60 bits per heavy atom. The Hall–Kier alpha value is -2.97. The molecule has 0 bridgehead atoms. The first kappa shape index (κ1) is 20.3. The molecule has 0 unspecified atom stereocenters. The molecular weight excluding hydrogens is 418 g/mol. The van der Waals surface area contributed by atoms with Crippen LogP contribution in [-0.4, -0.2) is 40.9 Å². The summed E-state index contributed by atoms with van der Waals surface area (Å²) in [6, 6.07) is 14.8. The summed E-state index contributed by atoms with van der Waals surface area (Å²) < 4.78 is 11.3. The summed E-state index contributed by atoms with van der Waals surface area (Å²) in [5.41, 5.74) is 3.15. The first-order valence-electron chi connectivity index (χ1n) is 9.17. The predicted molar refractivity (Wildman–Crippen MR) is 120 cm³/mol. The Morgan fingerprint density at radius 3 is 2.23 bits per heavy atom. The van der Waals surface area contributed by atoms with Gasteiger partial charge in [-0.1, -0.05) is 11.8 Å². The van der Waals surface area contributed by atoms with Gasteiger partial charge in [-0.15, -0.1) is 21.5 Å². The SMILES string of the molecule is COc1ccc(C(=O)CSc2nnc(-c3ccc(OC)cc3)c3sc(C)nc23)cc1. The third-order valence-corrected chi connectivity index (χ3v) is 6.44. The Labute approximate surface area is 182 Å². The van der Waals surface area contributed by atoms with Gasteiger partial charge in [0.2, 0.25) is 0 Å². The number of methoxy groups -OCH3 is 2. The maximum Gasteiger partial charge on any atom is 0.173 e. The Kier molecular flexibility index (Phi) is 5.96. The molecule has 4 aromatic rings. The van der Waals surface area contributed by atoms with Crippen LogP contribution < -0.4 is 9.47 Å². The monoisotopic (exact) mass is 437 g/mol. The van der Waals surface area contributed by atoms with Crippen LogP contribution in [0.4, 0.5) is 0 Å². The van der Waals surface area contributed by atoms with Crippen LogP contribution in [0.15, 0.2) is 53.6 Å². The molecule has 30 heavy (non-hydrogen) atoms. The number of thioether (sulfide) groups is 1. The number of ether oxygens (including phenoxy) is 2. The highest BCUT2D eigenvalue weighted by atomic mass is 32.2. The normalized spacial score (nSPS) is 10.9. The predicted octanol–water partition coefficient (Wildman–Crippen LogP) is 5.05. The van der Waals surface area contributed by atoms with Gasteiger partial charge in [0.05, 0.1) is 29.7 Å². The number of thiazole rings is 1. The number of hydrogen-bond donors (Lipinski definition) is 0. The highest BCUT2D eigenvalue weighted by Crippen LogP contribution is 2.36. The molecule has 0 saturated carbocycles. The van der Waals surface area contributed by atoms with E-state index >= 15 is 0 Å². The number of aromatic nitrogens is 3. The quantitative estimate of drug-likeness (QED) is 0.296. The average molecular weight is 438 g/mol. The topological polar surface area (TPSA) is 74.2 Å². The van der Waals surface area contributed by atoms with Gasteiger partial charge in [-0.25, -0.2) is 4.98 Å². The minimum Gasteiger partial charge on any atom is -0.497 e. The number of fused-ring (bicyclic) bond motifs is 1. The first-order valence-corrected chi connectivity index (χ1v) is 11.0. The van der Waals surface area contributed by atoms with Crippen LogP contribution in [-0.2, 0) is 0 Å². The number of rotatable bonds is 7. The average Bonchev–Trinajstić information content (AvgIpc) is 3.19. The van der Waals surface area contributed by atoms with Crippen molar-refractivity contribution in [2.75, 3.05) is 20.0 Å². The molecule has 152 valence electrons. The van der Waals surface area contributed by atoms with Crippen molar-refractivity contribution >= 4 is 39.1 Å². The first-order chi connectivity index (χ1) is 14.6. The molecule has 0 amide bonds. The summed E-state index contributed by atoms with van der Waals surface area (Å²) in [4.78, 5) is 17.2. The van der Waals surface area contributed by atoms with Crippen molar-refractivity contribution in [3.63, 3.8) is 0 Å². The zero-order valence-corrected chi connectivity index (χ0v) is 18.3. The van der Waals surface area contributed by atoms with E-state index in [1.165, 1.54) is 11.8 Å². The van der Waals surface area contributed by atoms with Gasteiger partial charge in [0.1, 0.15) is 27.7 Å². The van der Waals surface area contributed by atoms with Crippen LogP contribution in [0.5, 0.6) is 11.5 Å². The zero-order chi connectivity index (χ0) is 21.1. The smallest absolute Gasteiger partial charge is 0.173 e. The third kappa shape index (κ3) is 4.15. The second-order valence-corrected chi connectivity index (χ2v) is 8.60. The Bertz CT molecular complexity index is 1190. The van der Waals surface area contributed by atoms with Gasteiger partial charge >= 0.3 is 0 Å². The second kappa shape index (κ2) is 8.81. The van der Waals surface area contributed by atoms with Crippen molar-refractivity contribution in [3.8, 4) is 22.8 Å². The number of carbonyl (C=O) groups excluding carboxylic acids is 1. The van der Waals surface area contributed by atoms with Crippen molar-refractivity contribution < 1.29 is 14.3 Å². The standard InChI is InChI=1S/C22H19N3O3S2/c1-13-23-20-21(30-13)19(15-6-10-17(28-3)11-7-15)24-25-22(20)29-12-18(26)14-4-8-16(27-2)9-5-14/h4-11H,12H2,1-3H3. The zero-order valence-electron chi connectivity index (χ0n) is 16.7. The molecule has 8 heteroatoms. The van der Waals surface area contributed by atoms with Crippen LogP contribution in [0.3, 0.4) is 0 Å². The molecule has 4 rings (SSSR count). The van der Waals surface area contributed by atoms with Crippen LogP contribution in [0.1, 0.15) is 15.4 Å². The van der Waals surface area contributed by atoms with Gasteiger partial charge in [0.15, 0.2) is 5.78 Å². The minimum absolute atomic E-state index is 0.0174. The third-order valence-electron chi connectivity index (χ3n) is 4.51. The molecule has 6 nitrogen and oxygen atoms in total. The largest absolute Gasteiger partial charge is 0.497 e. The van der Waals surface area contributed by atoms with Crippen LogP contribution in [0, 0.1) is 6.92 Å². The molecule has 0 aliphatic heterocycles. The second-order valence-electron chi connectivity index (χ2n) is 6.43. The molecule has 0 radical (unpaired) electrons. The molecule has 2 aromatic heterocycles. The number of nitrogens with zero attached hydrogens (tertiary/aromatic N) is 3. The number of benzene rings is 2. The van der Waals surface area contributed by atoms with Gasteiger partial charge < -0.3 is 9.47 Å². The lowest BCUT2D eigenvalue weighted by atomic mass is 10.1. The fourth-order valence-electron chi connectivity index (χ4n) is 2.95. The summed E-state index contributed by atoms with van der Waals surface area (Å²) in [6.07, 6.45) is 0. The highest BCUT2D eigenvalue weighted by molar-refractivity contribution is 8.00.